The maximum Gasteiger partial charge on any atom is 0.112 e. The lowest BCUT2D eigenvalue weighted by molar-refractivity contribution is 0.412. The van der Waals surface area contributed by atoms with E-state index in [2.05, 4.69) is 40.0 Å². The van der Waals surface area contributed by atoms with Crippen LogP contribution in [-0.4, -0.2) is 24.2 Å². The molecule has 0 amide bonds. The van der Waals surface area contributed by atoms with Gasteiger partial charge in [-0.15, -0.1) is 0 Å². The van der Waals surface area contributed by atoms with Crippen molar-refractivity contribution in [3.05, 3.63) is 29.3 Å². The molecule has 2 fully saturated rings. The monoisotopic (exact) mass is 295 g/mol. The van der Waals surface area contributed by atoms with Crippen LogP contribution in [0, 0.1) is 0 Å². The van der Waals surface area contributed by atoms with Gasteiger partial charge in [0.05, 0.1) is 0 Å². The van der Waals surface area contributed by atoms with Crippen LogP contribution in [0.15, 0.2) is 18.2 Å². The smallest absolute Gasteiger partial charge is 0.112 e. The van der Waals surface area contributed by atoms with Crippen molar-refractivity contribution in [1.82, 2.24) is 9.88 Å². The number of piperidine rings is 2. The molecular formula is C19H25N3. The fraction of sp³-hybridized carbons (Fsp3) is 0.579. The minimum Gasteiger partial charge on any atom is -0.358 e. The summed E-state index contributed by atoms with van der Waals surface area (Å²) in [6.07, 6.45) is 6.67. The van der Waals surface area contributed by atoms with Crippen LogP contribution in [0.1, 0.15) is 55.2 Å². The van der Waals surface area contributed by atoms with Crippen molar-refractivity contribution in [2.75, 3.05) is 24.5 Å². The van der Waals surface area contributed by atoms with Crippen LogP contribution in [0.25, 0.3) is 10.9 Å². The van der Waals surface area contributed by atoms with Gasteiger partial charge >= 0.3 is 0 Å². The average molecular weight is 295 g/mol. The Kier molecular flexibility index (Phi) is 2.81. The van der Waals surface area contributed by atoms with Gasteiger partial charge in [-0.25, -0.2) is 0 Å². The molecule has 0 spiro atoms. The first-order chi connectivity index (χ1) is 10.8. The van der Waals surface area contributed by atoms with Gasteiger partial charge in [0.15, 0.2) is 0 Å². The molecule has 0 aliphatic carbocycles. The Hall–Kier alpha value is -1.48. The van der Waals surface area contributed by atoms with Crippen molar-refractivity contribution in [2.24, 2.45) is 7.05 Å². The molecule has 3 nitrogen and oxygen atoms in total. The van der Waals surface area contributed by atoms with Crippen molar-refractivity contribution >= 4 is 16.7 Å². The fourth-order valence-corrected chi connectivity index (χ4v) is 5.00. The normalized spacial score (nSPS) is 25.0. The molecule has 6 rings (SSSR count). The predicted molar refractivity (Wildman–Crippen MR) is 91.7 cm³/mol. The molecule has 2 saturated heterocycles. The Morgan fingerprint density at radius 3 is 2.73 bits per heavy atom. The highest BCUT2D eigenvalue weighted by Crippen LogP contribution is 2.47. The van der Waals surface area contributed by atoms with E-state index in [0.29, 0.717) is 6.04 Å². The number of hydrogen-bond acceptors (Lipinski definition) is 2. The van der Waals surface area contributed by atoms with Crippen LogP contribution in [0.4, 0.5) is 5.82 Å². The van der Waals surface area contributed by atoms with E-state index in [9.17, 15) is 0 Å². The highest BCUT2D eigenvalue weighted by Gasteiger charge is 2.35. The minimum atomic E-state index is 0.565. The summed E-state index contributed by atoms with van der Waals surface area (Å²) in [4.78, 5) is 2.61. The molecule has 3 heteroatoms. The topological polar surface area (TPSA) is 20.2 Å². The van der Waals surface area contributed by atoms with Crippen LogP contribution in [0.5, 0.6) is 0 Å². The van der Waals surface area contributed by atoms with E-state index in [1.165, 1.54) is 74.0 Å². The summed E-state index contributed by atoms with van der Waals surface area (Å²) in [6.45, 7) is 3.67. The van der Waals surface area contributed by atoms with Gasteiger partial charge in [-0.2, -0.15) is 0 Å². The van der Waals surface area contributed by atoms with Gasteiger partial charge in [0.1, 0.15) is 5.82 Å². The Morgan fingerprint density at radius 1 is 1.09 bits per heavy atom. The quantitative estimate of drug-likeness (QED) is 0.866. The van der Waals surface area contributed by atoms with Crippen LogP contribution < -0.4 is 10.2 Å². The molecule has 116 valence electrons. The predicted octanol–water partition coefficient (Wildman–Crippen LogP) is 3.69. The maximum atomic E-state index is 3.70. The molecule has 4 aliphatic rings. The molecule has 1 N–H and O–H groups in total. The standard InChI is InChI=1S/C19H25N3/c1-21-17-6-5-14(16-4-2-3-9-20-16)12-15(17)18-13-7-10-22(11-8-13)19(18)21/h5-6,12-13,16,20H,2-4,7-11H2,1H3. The summed E-state index contributed by atoms with van der Waals surface area (Å²) in [5.41, 5.74) is 4.56. The highest BCUT2D eigenvalue weighted by molar-refractivity contribution is 5.92. The molecule has 22 heavy (non-hydrogen) atoms. The number of nitrogens with one attached hydrogen (secondary N) is 1. The molecule has 1 atom stereocenters. The Labute approximate surface area is 132 Å². The zero-order valence-electron chi connectivity index (χ0n) is 13.4. The molecule has 2 bridgehead atoms. The van der Waals surface area contributed by atoms with Gasteiger partial charge in [0.25, 0.3) is 0 Å². The first-order valence-corrected chi connectivity index (χ1v) is 8.93. The summed E-state index contributed by atoms with van der Waals surface area (Å²) < 4.78 is 2.44. The molecule has 0 radical (unpaired) electrons. The van der Waals surface area contributed by atoms with Crippen LogP contribution in [0.3, 0.4) is 0 Å². The van der Waals surface area contributed by atoms with Gasteiger partial charge in [0.2, 0.25) is 0 Å². The molecule has 1 unspecified atom stereocenters. The van der Waals surface area contributed by atoms with E-state index in [0.717, 1.165) is 5.92 Å². The summed E-state index contributed by atoms with van der Waals surface area (Å²) in [5.74, 6) is 2.30. The molecular weight excluding hydrogens is 270 g/mol. The zero-order valence-corrected chi connectivity index (χ0v) is 13.4. The van der Waals surface area contributed by atoms with Crippen molar-refractivity contribution < 1.29 is 0 Å². The van der Waals surface area contributed by atoms with Crippen molar-refractivity contribution in [1.29, 1.82) is 0 Å². The number of benzene rings is 1. The summed E-state index contributed by atoms with van der Waals surface area (Å²) in [5, 5.41) is 5.23. The van der Waals surface area contributed by atoms with Gasteiger partial charge in [0, 0.05) is 42.6 Å². The second-order valence-corrected chi connectivity index (χ2v) is 7.34. The van der Waals surface area contributed by atoms with Crippen molar-refractivity contribution in [3.8, 4) is 0 Å². The Bertz CT molecular complexity index is 716. The number of aromatic nitrogens is 1. The maximum absolute atomic E-state index is 3.70. The lowest BCUT2D eigenvalue weighted by Crippen LogP contribution is -2.39. The highest BCUT2D eigenvalue weighted by atomic mass is 15.3. The Morgan fingerprint density at radius 2 is 1.95 bits per heavy atom. The number of nitrogens with zero attached hydrogens (tertiary/aromatic N) is 2. The number of anilines is 1. The van der Waals surface area contributed by atoms with E-state index < -0.39 is 0 Å². The molecule has 1 aromatic heterocycles. The van der Waals surface area contributed by atoms with Crippen LogP contribution in [0.2, 0.25) is 0 Å². The van der Waals surface area contributed by atoms with E-state index in [1.54, 1.807) is 5.56 Å². The van der Waals surface area contributed by atoms with E-state index >= 15 is 0 Å². The third kappa shape index (κ3) is 1.72. The van der Waals surface area contributed by atoms with Gasteiger partial charge in [-0.3, -0.25) is 0 Å². The lowest BCUT2D eigenvalue weighted by atomic mass is 9.83. The largest absolute Gasteiger partial charge is 0.358 e. The van der Waals surface area contributed by atoms with Crippen LogP contribution >= 0.6 is 0 Å². The average Bonchev–Trinajstić information content (AvgIpc) is 2.92. The first kappa shape index (κ1) is 13.0. The minimum absolute atomic E-state index is 0.565. The number of hydrogen-bond donors (Lipinski definition) is 1. The third-order valence-electron chi connectivity index (χ3n) is 6.15. The van der Waals surface area contributed by atoms with E-state index in [1.807, 2.05) is 0 Å². The Balaban J connectivity index is 1.68. The van der Waals surface area contributed by atoms with Gasteiger partial charge in [-0.1, -0.05) is 12.5 Å². The summed E-state index contributed by atoms with van der Waals surface area (Å²) in [6, 6.07) is 7.78. The SMILES string of the molecule is Cn1c2c(c3cc(C4CCCCN4)ccc31)C1CCN2CC1. The van der Waals surface area contributed by atoms with Crippen molar-refractivity contribution in [2.45, 2.75) is 44.1 Å². The second kappa shape index (κ2) is 4.76. The lowest BCUT2D eigenvalue weighted by Gasteiger charge is -2.41. The van der Waals surface area contributed by atoms with Gasteiger partial charge < -0.3 is 14.8 Å². The molecule has 2 aromatic rings. The fourth-order valence-electron chi connectivity index (χ4n) is 5.00. The molecule has 5 heterocycles. The second-order valence-electron chi connectivity index (χ2n) is 7.34. The van der Waals surface area contributed by atoms with Crippen LogP contribution in [-0.2, 0) is 7.05 Å². The molecule has 4 aliphatic heterocycles. The zero-order chi connectivity index (χ0) is 14.7. The first-order valence-electron chi connectivity index (χ1n) is 8.93. The van der Waals surface area contributed by atoms with E-state index in [4.69, 9.17) is 0 Å². The molecule has 0 saturated carbocycles. The van der Waals surface area contributed by atoms with E-state index in [-0.39, 0.29) is 0 Å². The van der Waals surface area contributed by atoms with Gasteiger partial charge in [-0.05, 0) is 55.8 Å². The summed E-state index contributed by atoms with van der Waals surface area (Å²) in [7, 11) is 2.25. The summed E-state index contributed by atoms with van der Waals surface area (Å²) >= 11 is 0. The third-order valence-corrected chi connectivity index (χ3v) is 6.15. The number of rotatable bonds is 1. The van der Waals surface area contributed by atoms with Crippen molar-refractivity contribution in [3.63, 3.8) is 0 Å². The molecule has 1 aromatic carbocycles. The number of fused-ring (bicyclic) bond motifs is 3. The number of aryl methyl sites for hydroxylation is 1.